The third-order valence-electron chi connectivity index (χ3n) is 2.97. The van der Waals surface area contributed by atoms with Crippen LogP contribution in [0.2, 0.25) is 0 Å². The Morgan fingerprint density at radius 3 is 2.56 bits per heavy atom. The van der Waals surface area contributed by atoms with Crippen molar-refractivity contribution in [2.75, 3.05) is 0 Å². The first-order chi connectivity index (χ1) is 7.77. The smallest absolute Gasteiger partial charge is 0.225 e. The van der Waals surface area contributed by atoms with Crippen molar-refractivity contribution >= 4 is 11.8 Å². The Morgan fingerprint density at radius 1 is 1.19 bits per heavy atom. The van der Waals surface area contributed by atoms with E-state index in [0.29, 0.717) is 0 Å². The summed E-state index contributed by atoms with van der Waals surface area (Å²) < 4.78 is 0. The summed E-state index contributed by atoms with van der Waals surface area (Å²) in [7, 11) is 0. The molecule has 4 heteroatoms. The molecule has 1 aliphatic carbocycles. The van der Waals surface area contributed by atoms with Crippen LogP contribution in [0.5, 0.6) is 0 Å². The molecule has 1 aromatic carbocycles. The van der Waals surface area contributed by atoms with E-state index in [2.05, 4.69) is 0 Å². The van der Waals surface area contributed by atoms with Crippen LogP contribution in [-0.2, 0) is 0 Å². The molecule has 0 N–H and O–H groups in total. The first-order valence-corrected chi connectivity index (χ1v) is 6.50. The highest BCUT2D eigenvalue weighted by molar-refractivity contribution is 8.00. The lowest BCUT2D eigenvalue weighted by Gasteiger charge is -2.24. The van der Waals surface area contributed by atoms with Crippen LogP contribution in [0.25, 0.3) is 0 Å². The molecule has 0 aliphatic heterocycles. The van der Waals surface area contributed by atoms with Crippen molar-refractivity contribution in [3.63, 3.8) is 0 Å². The molecule has 3 nitrogen and oxygen atoms in total. The lowest BCUT2D eigenvalue weighted by molar-refractivity contribution is -0.524. The summed E-state index contributed by atoms with van der Waals surface area (Å²) in [5.74, 6) is 0. The molecule has 0 saturated heterocycles. The van der Waals surface area contributed by atoms with Gasteiger partial charge in [0.1, 0.15) is 0 Å². The Morgan fingerprint density at radius 2 is 1.88 bits per heavy atom. The van der Waals surface area contributed by atoms with Crippen molar-refractivity contribution in [3.8, 4) is 0 Å². The molecule has 1 aromatic rings. The third kappa shape index (κ3) is 2.76. The summed E-state index contributed by atoms with van der Waals surface area (Å²) in [5, 5.41) is 11.1. The molecule has 1 saturated carbocycles. The topological polar surface area (TPSA) is 43.1 Å². The second kappa shape index (κ2) is 5.34. The molecule has 0 bridgehead atoms. The van der Waals surface area contributed by atoms with Crippen LogP contribution in [-0.4, -0.2) is 16.2 Å². The van der Waals surface area contributed by atoms with E-state index in [1.807, 2.05) is 30.3 Å². The van der Waals surface area contributed by atoms with Crippen molar-refractivity contribution < 1.29 is 4.92 Å². The lowest BCUT2D eigenvalue weighted by atomic mass is 9.95. The lowest BCUT2D eigenvalue weighted by Crippen LogP contribution is -2.34. The normalized spacial score (nSPS) is 25.2. The largest absolute Gasteiger partial charge is 0.264 e. The molecule has 0 radical (unpaired) electrons. The number of thioether (sulfide) groups is 1. The van der Waals surface area contributed by atoms with E-state index < -0.39 is 0 Å². The van der Waals surface area contributed by atoms with Crippen LogP contribution in [0.15, 0.2) is 35.2 Å². The van der Waals surface area contributed by atoms with Gasteiger partial charge >= 0.3 is 0 Å². The fourth-order valence-corrected chi connectivity index (χ4v) is 3.47. The minimum absolute atomic E-state index is 0.0975. The standard InChI is InChI=1S/C12H15NO2S/c14-13(15)11-8-4-5-9-12(11)16-10-6-2-1-3-7-10/h1-3,6-7,11-12H,4-5,8-9H2. The van der Waals surface area contributed by atoms with Crippen LogP contribution in [0.1, 0.15) is 25.7 Å². The highest BCUT2D eigenvalue weighted by Crippen LogP contribution is 2.34. The summed E-state index contributed by atoms with van der Waals surface area (Å²) in [6.07, 6.45) is 3.81. The molecular weight excluding hydrogens is 222 g/mol. The van der Waals surface area contributed by atoms with Gasteiger partial charge in [0.05, 0.1) is 5.25 Å². The van der Waals surface area contributed by atoms with Crippen molar-refractivity contribution in [1.29, 1.82) is 0 Å². The van der Waals surface area contributed by atoms with Crippen molar-refractivity contribution in [3.05, 3.63) is 40.4 Å². The van der Waals surface area contributed by atoms with Gasteiger partial charge in [-0.3, -0.25) is 10.1 Å². The Hall–Kier alpha value is -1.03. The van der Waals surface area contributed by atoms with Crippen LogP contribution in [0.4, 0.5) is 0 Å². The number of nitrogens with zero attached hydrogens (tertiary/aromatic N) is 1. The summed E-state index contributed by atoms with van der Waals surface area (Å²) in [6.45, 7) is 0. The maximum absolute atomic E-state index is 10.9. The minimum Gasteiger partial charge on any atom is -0.264 e. The fraction of sp³-hybridized carbons (Fsp3) is 0.500. The van der Waals surface area contributed by atoms with Gasteiger partial charge in [0.2, 0.25) is 6.04 Å². The number of nitro groups is 1. The Bertz CT molecular complexity index is 355. The maximum Gasteiger partial charge on any atom is 0.225 e. The summed E-state index contributed by atoms with van der Waals surface area (Å²) in [4.78, 5) is 12.0. The zero-order valence-corrected chi connectivity index (χ0v) is 9.86. The third-order valence-corrected chi connectivity index (χ3v) is 4.37. The summed E-state index contributed by atoms with van der Waals surface area (Å²) >= 11 is 1.66. The molecule has 16 heavy (non-hydrogen) atoms. The highest BCUT2D eigenvalue weighted by atomic mass is 32.2. The molecule has 1 fully saturated rings. The first-order valence-electron chi connectivity index (χ1n) is 5.62. The van der Waals surface area contributed by atoms with Gasteiger partial charge in [-0.25, -0.2) is 0 Å². The average molecular weight is 237 g/mol. The zero-order chi connectivity index (χ0) is 11.4. The predicted molar refractivity (Wildman–Crippen MR) is 65.3 cm³/mol. The van der Waals surface area contributed by atoms with Crippen LogP contribution in [0, 0.1) is 10.1 Å². The van der Waals surface area contributed by atoms with Gasteiger partial charge in [-0.1, -0.05) is 24.6 Å². The quantitative estimate of drug-likeness (QED) is 0.598. The number of benzene rings is 1. The van der Waals surface area contributed by atoms with Gasteiger partial charge in [0.25, 0.3) is 0 Å². The summed E-state index contributed by atoms with van der Waals surface area (Å²) in [6, 6.07) is 9.61. The Kier molecular flexibility index (Phi) is 3.83. The predicted octanol–water partition coefficient (Wildman–Crippen LogP) is 3.37. The van der Waals surface area contributed by atoms with E-state index >= 15 is 0 Å². The molecule has 0 spiro atoms. The number of hydrogen-bond donors (Lipinski definition) is 0. The second-order valence-electron chi connectivity index (χ2n) is 4.11. The van der Waals surface area contributed by atoms with Gasteiger partial charge in [-0.2, -0.15) is 0 Å². The minimum atomic E-state index is -0.362. The Labute approximate surface area is 99.4 Å². The summed E-state index contributed by atoms with van der Waals surface area (Å²) in [5.41, 5.74) is 0. The monoisotopic (exact) mass is 237 g/mol. The van der Waals surface area contributed by atoms with Crippen LogP contribution >= 0.6 is 11.8 Å². The van der Waals surface area contributed by atoms with Gasteiger partial charge in [0.15, 0.2) is 0 Å². The van der Waals surface area contributed by atoms with E-state index in [1.54, 1.807) is 11.8 Å². The maximum atomic E-state index is 10.9. The molecular formula is C12H15NO2S. The van der Waals surface area contributed by atoms with Gasteiger partial charge in [-0.05, 0) is 25.0 Å². The fourth-order valence-electron chi connectivity index (χ4n) is 2.13. The van der Waals surface area contributed by atoms with Crippen molar-refractivity contribution in [2.24, 2.45) is 0 Å². The van der Waals surface area contributed by atoms with Crippen LogP contribution < -0.4 is 0 Å². The van der Waals surface area contributed by atoms with Gasteiger partial charge in [-0.15, -0.1) is 11.8 Å². The van der Waals surface area contributed by atoms with Gasteiger partial charge < -0.3 is 0 Å². The molecule has 0 heterocycles. The van der Waals surface area contributed by atoms with E-state index in [0.717, 1.165) is 30.6 Å². The molecule has 0 amide bonds. The molecule has 2 atom stereocenters. The second-order valence-corrected chi connectivity index (χ2v) is 5.42. The Balaban J connectivity index is 2.04. The molecule has 2 rings (SSSR count). The number of rotatable bonds is 3. The molecule has 2 unspecified atom stereocenters. The molecule has 86 valence electrons. The van der Waals surface area contributed by atoms with E-state index in [4.69, 9.17) is 0 Å². The van der Waals surface area contributed by atoms with Crippen molar-refractivity contribution in [2.45, 2.75) is 41.9 Å². The van der Waals surface area contributed by atoms with Gasteiger partial charge in [0, 0.05) is 16.2 Å². The first kappa shape index (κ1) is 11.5. The molecule has 1 aliphatic rings. The van der Waals surface area contributed by atoms with E-state index in [9.17, 15) is 10.1 Å². The van der Waals surface area contributed by atoms with Crippen LogP contribution in [0.3, 0.4) is 0 Å². The average Bonchev–Trinajstić information content (AvgIpc) is 2.31. The SMILES string of the molecule is O=[N+]([O-])C1CCCCC1Sc1ccccc1. The molecule has 0 aromatic heterocycles. The van der Waals surface area contributed by atoms with E-state index in [-0.39, 0.29) is 16.2 Å². The highest BCUT2D eigenvalue weighted by Gasteiger charge is 2.34. The van der Waals surface area contributed by atoms with Crippen molar-refractivity contribution in [1.82, 2.24) is 0 Å². The number of hydrogen-bond acceptors (Lipinski definition) is 3. The van der Waals surface area contributed by atoms with E-state index in [1.165, 1.54) is 0 Å². The zero-order valence-electron chi connectivity index (χ0n) is 9.04.